The smallest absolute Gasteiger partial charge is 0.223 e. The average molecular weight is 309 g/mol. The van der Waals surface area contributed by atoms with E-state index in [2.05, 4.69) is 39.9 Å². The summed E-state index contributed by atoms with van der Waals surface area (Å²) in [4.78, 5) is 16.4. The van der Waals surface area contributed by atoms with Crippen LogP contribution in [0.15, 0.2) is 48.8 Å². The zero-order valence-corrected chi connectivity index (χ0v) is 13.5. The molecule has 23 heavy (non-hydrogen) atoms. The summed E-state index contributed by atoms with van der Waals surface area (Å²) in [6.07, 6.45) is 5.45. The number of nitrogens with one attached hydrogen (secondary N) is 2. The van der Waals surface area contributed by atoms with Crippen LogP contribution in [0.5, 0.6) is 0 Å². The van der Waals surface area contributed by atoms with E-state index in [9.17, 15) is 4.79 Å². The third kappa shape index (κ3) is 3.96. The fraction of sp³-hybridized carbons (Fsp3) is 0.368. The quantitative estimate of drug-likeness (QED) is 0.913. The number of amides is 1. The van der Waals surface area contributed by atoms with Crippen LogP contribution in [-0.2, 0) is 4.79 Å². The number of nitrogens with zero attached hydrogens (tertiary/aromatic N) is 1. The molecular formula is C19H23N3O. The predicted molar refractivity (Wildman–Crippen MR) is 91.8 cm³/mol. The Hall–Kier alpha value is -2.20. The molecule has 120 valence electrons. The molecule has 4 nitrogen and oxygen atoms in total. The van der Waals surface area contributed by atoms with Gasteiger partial charge in [0.05, 0.1) is 6.04 Å². The highest BCUT2D eigenvalue weighted by Gasteiger charge is 2.22. The zero-order valence-electron chi connectivity index (χ0n) is 13.5. The van der Waals surface area contributed by atoms with Crippen LogP contribution in [0.2, 0.25) is 0 Å². The maximum atomic E-state index is 12.3. The Kier molecular flexibility index (Phi) is 5.03. The number of piperidine rings is 1. The van der Waals surface area contributed by atoms with Gasteiger partial charge in [-0.1, -0.05) is 24.3 Å². The van der Waals surface area contributed by atoms with Crippen LogP contribution in [-0.4, -0.2) is 24.0 Å². The first-order valence-electron chi connectivity index (χ1n) is 8.25. The number of pyridine rings is 1. The molecule has 1 aliphatic heterocycles. The maximum absolute atomic E-state index is 12.3. The Morgan fingerprint density at radius 3 is 2.35 bits per heavy atom. The summed E-state index contributed by atoms with van der Waals surface area (Å²) in [7, 11) is 0. The first-order chi connectivity index (χ1) is 11.2. The van der Waals surface area contributed by atoms with E-state index in [1.54, 1.807) is 12.4 Å². The molecule has 0 radical (unpaired) electrons. The number of aromatic nitrogens is 1. The van der Waals surface area contributed by atoms with Crippen molar-refractivity contribution in [3.05, 3.63) is 54.4 Å². The Morgan fingerprint density at radius 2 is 1.70 bits per heavy atom. The van der Waals surface area contributed by atoms with Gasteiger partial charge in [0.2, 0.25) is 5.91 Å². The van der Waals surface area contributed by atoms with Crippen LogP contribution >= 0.6 is 0 Å². The topological polar surface area (TPSA) is 54.0 Å². The van der Waals surface area contributed by atoms with Crippen LogP contribution in [0.25, 0.3) is 11.1 Å². The van der Waals surface area contributed by atoms with Gasteiger partial charge in [0.1, 0.15) is 0 Å². The summed E-state index contributed by atoms with van der Waals surface area (Å²) in [6, 6.07) is 12.4. The monoisotopic (exact) mass is 309 g/mol. The number of hydrogen-bond acceptors (Lipinski definition) is 3. The lowest BCUT2D eigenvalue weighted by Crippen LogP contribution is -2.39. The molecular weight excluding hydrogens is 286 g/mol. The third-order valence-electron chi connectivity index (χ3n) is 4.49. The van der Waals surface area contributed by atoms with Crippen LogP contribution in [0.3, 0.4) is 0 Å². The second-order valence-corrected chi connectivity index (χ2v) is 6.11. The Labute approximate surface area is 137 Å². The largest absolute Gasteiger partial charge is 0.349 e. The van der Waals surface area contributed by atoms with E-state index in [4.69, 9.17) is 0 Å². The summed E-state index contributed by atoms with van der Waals surface area (Å²) < 4.78 is 0. The molecule has 0 saturated carbocycles. The highest BCUT2D eigenvalue weighted by molar-refractivity contribution is 5.79. The lowest BCUT2D eigenvalue weighted by Gasteiger charge is -2.24. The van der Waals surface area contributed by atoms with Gasteiger partial charge in [-0.2, -0.15) is 0 Å². The Bertz CT molecular complexity index is 633. The van der Waals surface area contributed by atoms with E-state index in [0.717, 1.165) is 42.6 Å². The highest BCUT2D eigenvalue weighted by Crippen LogP contribution is 2.22. The lowest BCUT2D eigenvalue weighted by atomic mass is 9.96. The van der Waals surface area contributed by atoms with Crippen LogP contribution < -0.4 is 10.6 Å². The van der Waals surface area contributed by atoms with Crippen molar-refractivity contribution in [2.24, 2.45) is 5.92 Å². The van der Waals surface area contributed by atoms with Crippen molar-refractivity contribution in [1.29, 1.82) is 0 Å². The van der Waals surface area contributed by atoms with E-state index in [1.807, 2.05) is 19.1 Å². The molecule has 2 N–H and O–H groups in total. The molecule has 0 spiro atoms. The molecule has 0 bridgehead atoms. The SMILES string of the molecule is CC(NC(=O)C1CCNCC1)c1ccc(-c2ccncc2)cc1. The summed E-state index contributed by atoms with van der Waals surface area (Å²) in [5.41, 5.74) is 3.44. The van der Waals surface area contributed by atoms with E-state index in [1.165, 1.54) is 0 Å². The minimum absolute atomic E-state index is 0.0314. The van der Waals surface area contributed by atoms with Crippen molar-refractivity contribution in [2.45, 2.75) is 25.8 Å². The summed E-state index contributed by atoms with van der Waals surface area (Å²) in [5.74, 6) is 0.326. The molecule has 3 rings (SSSR count). The van der Waals surface area contributed by atoms with Gasteiger partial charge >= 0.3 is 0 Å². The van der Waals surface area contributed by atoms with E-state index < -0.39 is 0 Å². The number of rotatable bonds is 4. The molecule has 4 heteroatoms. The average Bonchev–Trinajstić information content (AvgIpc) is 2.63. The second-order valence-electron chi connectivity index (χ2n) is 6.11. The van der Waals surface area contributed by atoms with Gasteiger partial charge in [-0.25, -0.2) is 0 Å². The summed E-state index contributed by atoms with van der Waals surface area (Å²) >= 11 is 0. The lowest BCUT2D eigenvalue weighted by molar-refractivity contribution is -0.126. The third-order valence-corrected chi connectivity index (χ3v) is 4.49. The minimum Gasteiger partial charge on any atom is -0.349 e. The molecule has 1 saturated heterocycles. The molecule has 1 aromatic heterocycles. The Morgan fingerprint density at radius 1 is 1.09 bits per heavy atom. The molecule has 1 amide bonds. The first kappa shape index (κ1) is 15.7. The van der Waals surface area contributed by atoms with Crippen molar-refractivity contribution >= 4 is 5.91 Å². The van der Waals surface area contributed by atoms with Gasteiger partial charge in [-0.15, -0.1) is 0 Å². The van der Waals surface area contributed by atoms with Crippen molar-refractivity contribution in [3.63, 3.8) is 0 Å². The molecule has 1 aromatic carbocycles. The number of hydrogen-bond donors (Lipinski definition) is 2. The molecule has 2 aromatic rings. The van der Waals surface area contributed by atoms with E-state index in [-0.39, 0.29) is 17.9 Å². The number of carbonyl (C=O) groups is 1. The second kappa shape index (κ2) is 7.38. The van der Waals surface area contributed by atoms with Crippen LogP contribution in [0.4, 0.5) is 0 Å². The van der Waals surface area contributed by atoms with E-state index >= 15 is 0 Å². The normalized spacial score (nSPS) is 16.7. The number of benzene rings is 1. The fourth-order valence-electron chi connectivity index (χ4n) is 3.01. The maximum Gasteiger partial charge on any atom is 0.223 e. The van der Waals surface area contributed by atoms with Crippen molar-refractivity contribution in [3.8, 4) is 11.1 Å². The predicted octanol–water partition coefficient (Wildman–Crippen LogP) is 2.93. The molecule has 0 aliphatic carbocycles. The van der Waals surface area contributed by atoms with Gasteiger partial charge in [-0.3, -0.25) is 9.78 Å². The van der Waals surface area contributed by atoms with Gasteiger partial charge in [0.25, 0.3) is 0 Å². The zero-order chi connectivity index (χ0) is 16.1. The first-order valence-corrected chi connectivity index (χ1v) is 8.25. The van der Waals surface area contributed by atoms with Crippen molar-refractivity contribution < 1.29 is 4.79 Å². The van der Waals surface area contributed by atoms with Crippen molar-refractivity contribution in [2.75, 3.05) is 13.1 Å². The summed E-state index contributed by atoms with van der Waals surface area (Å²) in [5, 5.41) is 6.44. The van der Waals surface area contributed by atoms with Crippen molar-refractivity contribution in [1.82, 2.24) is 15.6 Å². The Balaban J connectivity index is 1.63. The highest BCUT2D eigenvalue weighted by atomic mass is 16.1. The summed E-state index contributed by atoms with van der Waals surface area (Å²) in [6.45, 7) is 3.92. The minimum atomic E-state index is 0.0314. The fourth-order valence-corrected chi connectivity index (χ4v) is 3.01. The number of carbonyl (C=O) groups excluding carboxylic acids is 1. The molecule has 1 fully saturated rings. The van der Waals surface area contributed by atoms with Gasteiger partial charge in [0, 0.05) is 18.3 Å². The van der Waals surface area contributed by atoms with Gasteiger partial charge in [-0.05, 0) is 61.7 Å². The molecule has 1 atom stereocenters. The van der Waals surface area contributed by atoms with E-state index in [0.29, 0.717) is 0 Å². The van der Waals surface area contributed by atoms with Gasteiger partial charge < -0.3 is 10.6 Å². The standard InChI is InChI=1S/C19H23N3O/c1-14(22-19(23)18-8-12-21-13-9-18)15-2-4-16(5-3-15)17-6-10-20-11-7-17/h2-7,10-11,14,18,21H,8-9,12-13H2,1H3,(H,22,23). The van der Waals surface area contributed by atoms with Gasteiger partial charge in [0.15, 0.2) is 0 Å². The van der Waals surface area contributed by atoms with Crippen LogP contribution in [0.1, 0.15) is 31.4 Å². The molecule has 1 unspecified atom stereocenters. The molecule has 1 aliphatic rings. The van der Waals surface area contributed by atoms with Crippen LogP contribution in [0, 0.1) is 5.92 Å². The molecule has 2 heterocycles.